The zero-order chi connectivity index (χ0) is 20.1. The smallest absolute Gasteiger partial charge is 0.264 e. The summed E-state index contributed by atoms with van der Waals surface area (Å²) in [7, 11) is 3.15. The minimum Gasteiger partial charge on any atom is -0.493 e. The Morgan fingerprint density at radius 2 is 1.89 bits per heavy atom. The Labute approximate surface area is 163 Å². The Bertz CT molecular complexity index is 940. The molecule has 8 nitrogen and oxygen atoms in total. The molecule has 0 atom stereocenters. The Morgan fingerprint density at radius 3 is 2.57 bits per heavy atom. The molecular formula is C20H24N4O4. The van der Waals surface area contributed by atoms with Crippen molar-refractivity contribution >= 4 is 0 Å². The van der Waals surface area contributed by atoms with Gasteiger partial charge in [-0.15, -0.1) is 0 Å². The number of rotatable bonds is 8. The van der Waals surface area contributed by atoms with Crippen molar-refractivity contribution in [2.75, 3.05) is 14.2 Å². The highest BCUT2D eigenvalue weighted by Crippen LogP contribution is 2.36. The van der Waals surface area contributed by atoms with Crippen LogP contribution < -0.4 is 14.2 Å². The van der Waals surface area contributed by atoms with Crippen molar-refractivity contribution in [2.24, 2.45) is 0 Å². The van der Waals surface area contributed by atoms with Crippen molar-refractivity contribution in [1.29, 1.82) is 0 Å². The van der Waals surface area contributed by atoms with E-state index in [2.05, 4.69) is 34.0 Å². The first-order valence-electron chi connectivity index (χ1n) is 9.10. The fourth-order valence-electron chi connectivity index (χ4n) is 2.64. The molecule has 0 aliphatic carbocycles. The molecule has 0 aliphatic heterocycles. The average Bonchev–Trinajstić information content (AvgIpc) is 3.20. The van der Waals surface area contributed by atoms with Crippen molar-refractivity contribution < 1.29 is 18.7 Å². The van der Waals surface area contributed by atoms with Gasteiger partial charge in [0.05, 0.1) is 25.5 Å². The van der Waals surface area contributed by atoms with E-state index < -0.39 is 0 Å². The molecule has 0 saturated carbocycles. The predicted molar refractivity (Wildman–Crippen MR) is 103 cm³/mol. The van der Waals surface area contributed by atoms with Gasteiger partial charge in [0.15, 0.2) is 18.1 Å². The molecule has 0 unspecified atom stereocenters. The van der Waals surface area contributed by atoms with Crippen LogP contribution in [0.3, 0.4) is 0 Å². The first-order valence-corrected chi connectivity index (χ1v) is 9.10. The third kappa shape index (κ3) is 4.21. The van der Waals surface area contributed by atoms with E-state index >= 15 is 0 Å². The molecule has 0 fully saturated rings. The maximum absolute atomic E-state index is 5.77. The topological polar surface area (TPSA) is 92.4 Å². The summed E-state index contributed by atoms with van der Waals surface area (Å²) in [6, 6.07) is 7.32. The van der Waals surface area contributed by atoms with Gasteiger partial charge in [0, 0.05) is 12.5 Å². The number of hydrogen-bond donors (Lipinski definition) is 0. The van der Waals surface area contributed by atoms with Crippen LogP contribution in [0.15, 0.2) is 28.8 Å². The monoisotopic (exact) mass is 384 g/mol. The lowest BCUT2D eigenvalue weighted by Crippen LogP contribution is -2.04. The molecule has 0 bridgehead atoms. The highest BCUT2D eigenvalue weighted by Gasteiger charge is 2.17. The van der Waals surface area contributed by atoms with Crippen molar-refractivity contribution in [3.63, 3.8) is 0 Å². The summed E-state index contributed by atoms with van der Waals surface area (Å²) >= 11 is 0. The molecular weight excluding hydrogens is 360 g/mol. The van der Waals surface area contributed by atoms with Crippen LogP contribution in [0.25, 0.3) is 11.4 Å². The number of aromatic nitrogens is 4. The predicted octanol–water partition coefficient (Wildman–Crippen LogP) is 3.81. The summed E-state index contributed by atoms with van der Waals surface area (Å²) in [4.78, 5) is 13.3. The number of benzene rings is 1. The Kier molecular flexibility index (Phi) is 6.08. The molecule has 0 radical (unpaired) electrons. The van der Waals surface area contributed by atoms with Crippen molar-refractivity contribution in [2.45, 2.75) is 39.7 Å². The van der Waals surface area contributed by atoms with Gasteiger partial charge in [-0.1, -0.05) is 32.0 Å². The normalized spacial score (nSPS) is 10.9. The number of aryl methyl sites for hydroxylation is 1. The Balaban J connectivity index is 1.79. The third-order valence-electron chi connectivity index (χ3n) is 4.13. The quantitative estimate of drug-likeness (QED) is 0.579. The summed E-state index contributed by atoms with van der Waals surface area (Å²) in [5, 5.41) is 4.03. The molecule has 2 heterocycles. The molecule has 0 N–H and O–H groups in total. The second-order valence-corrected chi connectivity index (χ2v) is 6.40. The van der Waals surface area contributed by atoms with Gasteiger partial charge in [-0.25, -0.2) is 4.98 Å². The fraction of sp³-hybridized carbons (Fsp3) is 0.400. The maximum atomic E-state index is 5.77. The first-order chi connectivity index (χ1) is 13.5. The molecule has 0 spiro atoms. The second-order valence-electron chi connectivity index (χ2n) is 6.40. The summed E-state index contributed by atoms with van der Waals surface area (Å²) < 4.78 is 21.8. The molecule has 0 saturated heterocycles. The number of para-hydroxylation sites is 1. The van der Waals surface area contributed by atoms with Crippen LogP contribution in [0, 0.1) is 0 Å². The number of hydrogen-bond acceptors (Lipinski definition) is 8. The van der Waals surface area contributed by atoms with Crippen LogP contribution in [-0.4, -0.2) is 34.3 Å². The van der Waals surface area contributed by atoms with Crippen LogP contribution in [0.1, 0.15) is 44.1 Å². The van der Waals surface area contributed by atoms with E-state index in [0.717, 1.165) is 17.9 Å². The van der Waals surface area contributed by atoms with E-state index in [1.54, 1.807) is 20.3 Å². The lowest BCUT2D eigenvalue weighted by molar-refractivity contribution is 0.234. The number of methoxy groups -OCH3 is 2. The molecule has 0 amide bonds. The van der Waals surface area contributed by atoms with Gasteiger partial charge in [0.2, 0.25) is 11.7 Å². The van der Waals surface area contributed by atoms with Gasteiger partial charge in [-0.2, -0.15) is 9.97 Å². The van der Waals surface area contributed by atoms with Crippen LogP contribution in [0.5, 0.6) is 17.4 Å². The molecule has 0 aliphatic rings. The largest absolute Gasteiger partial charge is 0.493 e. The van der Waals surface area contributed by atoms with Crippen LogP contribution >= 0.6 is 0 Å². The first kappa shape index (κ1) is 19.6. The summed E-state index contributed by atoms with van der Waals surface area (Å²) in [6.07, 6.45) is 0.733. The van der Waals surface area contributed by atoms with Crippen LogP contribution in [0.2, 0.25) is 0 Å². The van der Waals surface area contributed by atoms with Gasteiger partial charge < -0.3 is 18.7 Å². The van der Waals surface area contributed by atoms with E-state index in [1.807, 2.05) is 25.1 Å². The molecule has 3 rings (SSSR count). The lowest BCUT2D eigenvalue weighted by atomic mass is 10.1. The molecule has 28 heavy (non-hydrogen) atoms. The zero-order valence-electron chi connectivity index (χ0n) is 16.7. The van der Waals surface area contributed by atoms with E-state index in [-0.39, 0.29) is 12.5 Å². The third-order valence-corrected chi connectivity index (χ3v) is 4.13. The van der Waals surface area contributed by atoms with Crippen molar-refractivity contribution in [3.8, 4) is 28.8 Å². The zero-order valence-corrected chi connectivity index (χ0v) is 16.7. The van der Waals surface area contributed by atoms with E-state index in [9.17, 15) is 0 Å². The minimum absolute atomic E-state index is 0.108. The van der Waals surface area contributed by atoms with Gasteiger partial charge >= 0.3 is 0 Å². The second kappa shape index (κ2) is 8.69. The molecule has 3 aromatic rings. The summed E-state index contributed by atoms with van der Waals surface area (Å²) in [6.45, 7) is 6.28. The highest BCUT2D eigenvalue weighted by molar-refractivity contribution is 5.68. The van der Waals surface area contributed by atoms with E-state index in [0.29, 0.717) is 34.7 Å². The number of ether oxygens (including phenoxy) is 3. The lowest BCUT2D eigenvalue weighted by Gasteiger charge is -2.10. The van der Waals surface area contributed by atoms with E-state index in [1.165, 1.54) is 0 Å². The highest BCUT2D eigenvalue weighted by atomic mass is 16.5. The van der Waals surface area contributed by atoms with E-state index in [4.69, 9.17) is 18.7 Å². The van der Waals surface area contributed by atoms with Crippen LogP contribution in [0.4, 0.5) is 0 Å². The number of nitrogens with zero attached hydrogens (tertiary/aromatic N) is 4. The van der Waals surface area contributed by atoms with Gasteiger partial charge in [0.25, 0.3) is 5.89 Å². The fourth-order valence-corrected chi connectivity index (χ4v) is 2.64. The summed E-state index contributed by atoms with van der Waals surface area (Å²) in [5.74, 6) is 3.39. The standard InChI is InChI=1S/C20H24N4O4/c1-6-16-21-14(12(2)3)10-17(22-16)27-11-18-23-20(24-28-18)13-8-7-9-15(25-4)19(13)26-5/h7-10,12H,6,11H2,1-5H3. The molecule has 148 valence electrons. The Hall–Kier alpha value is -3.16. The van der Waals surface area contributed by atoms with Crippen LogP contribution in [-0.2, 0) is 13.0 Å². The maximum Gasteiger partial charge on any atom is 0.264 e. The van der Waals surface area contributed by atoms with Crippen molar-refractivity contribution in [1.82, 2.24) is 20.1 Å². The Morgan fingerprint density at radius 1 is 1.07 bits per heavy atom. The summed E-state index contributed by atoms with van der Waals surface area (Å²) in [5.41, 5.74) is 1.61. The van der Waals surface area contributed by atoms with Gasteiger partial charge in [-0.05, 0) is 18.1 Å². The molecule has 1 aromatic carbocycles. The SMILES string of the molecule is CCc1nc(OCc2nc(-c3cccc(OC)c3OC)no2)cc(C(C)C)n1. The minimum atomic E-state index is 0.108. The molecule has 8 heteroatoms. The van der Waals surface area contributed by atoms with Crippen molar-refractivity contribution in [3.05, 3.63) is 41.7 Å². The average molecular weight is 384 g/mol. The van der Waals surface area contributed by atoms with Gasteiger partial charge in [-0.3, -0.25) is 0 Å². The molecule has 2 aromatic heterocycles. The van der Waals surface area contributed by atoms with Gasteiger partial charge in [0.1, 0.15) is 5.82 Å².